The lowest BCUT2D eigenvalue weighted by Gasteiger charge is -2.08. The van der Waals surface area contributed by atoms with E-state index in [0.29, 0.717) is 28.0 Å². The molecule has 1 heterocycles. The Morgan fingerprint density at radius 1 is 1.14 bits per heavy atom. The Morgan fingerprint density at radius 2 is 1.95 bits per heavy atom. The molecule has 1 N–H and O–H groups in total. The van der Waals surface area contributed by atoms with Crippen molar-refractivity contribution in [1.82, 2.24) is 0 Å². The molecular formula is C16H10Cl2N2O. The van der Waals surface area contributed by atoms with Crippen molar-refractivity contribution in [2.75, 3.05) is 5.32 Å². The molecule has 2 aromatic carbocycles. The monoisotopic (exact) mass is 316 g/mol. The maximum absolute atomic E-state index is 8.93. The van der Waals surface area contributed by atoms with Crippen molar-refractivity contribution in [1.29, 1.82) is 5.26 Å². The van der Waals surface area contributed by atoms with E-state index in [9.17, 15) is 0 Å². The molecule has 21 heavy (non-hydrogen) atoms. The van der Waals surface area contributed by atoms with Crippen LogP contribution in [0.15, 0.2) is 46.9 Å². The second-order valence-electron chi connectivity index (χ2n) is 4.51. The van der Waals surface area contributed by atoms with Crippen molar-refractivity contribution in [2.45, 2.75) is 6.54 Å². The summed E-state index contributed by atoms with van der Waals surface area (Å²) in [6.07, 6.45) is 0. The van der Waals surface area contributed by atoms with E-state index < -0.39 is 0 Å². The van der Waals surface area contributed by atoms with Crippen LogP contribution in [-0.4, -0.2) is 0 Å². The van der Waals surface area contributed by atoms with Crippen LogP contribution in [0.4, 0.5) is 5.69 Å². The summed E-state index contributed by atoms with van der Waals surface area (Å²) >= 11 is 12.3. The summed E-state index contributed by atoms with van der Waals surface area (Å²) in [6.45, 7) is 0.463. The molecule has 3 aromatic rings. The largest absolute Gasteiger partial charge is 0.444 e. The highest BCUT2D eigenvalue weighted by Crippen LogP contribution is 2.31. The van der Waals surface area contributed by atoms with Gasteiger partial charge in [0.2, 0.25) is 0 Å². The van der Waals surface area contributed by atoms with E-state index in [0.717, 1.165) is 16.5 Å². The molecule has 5 heteroatoms. The maximum Gasteiger partial charge on any atom is 0.199 e. The Bertz CT molecular complexity index is 849. The Labute approximate surface area is 131 Å². The van der Waals surface area contributed by atoms with Crippen LogP contribution >= 0.6 is 23.2 Å². The summed E-state index contributed by atoms with van der Waals surface area (Å²) in [5, 5.41) is 14.0. The van der Waals surface area contributed by atoms with Gasteiger partial charge in [-0.3, -0.25) is 0 Å². The number of nitrogens with zero attached hydrogens (tertiary/aromatic N) is 1. The Morgan fingerprint density at radius 3 is 2.76 bits per heavy atom. The summed E-state index contributed by atoms with van der Waals surface area (Å²) in [4.78, 5) is 0. The molecule has 1 aromatic heterocycles. The lowest BCUT2D eigenvalue weighted by molar-refractivity contribution is 0.613. The third-order valence-corrected chi connectivity index (χ3v) is 3.83. The van der Waals surface area contributed by atoms with Crippen LogP contribution < -0.4 is 5.32 Å². The molecule has 0 saturated carbocycles. The van der Waals surface area contributed by atoms with E-state index in [1.165, 1.54) is 0 Å². The van der Waals surface area contributed by atoms with Crippen LogP contribution in [0, 0.1) is 11.3 Å². The number of hydrogen-bond donors (Lipinski definition) is 1. The predicted octanol–water partition coefficient (Wildman–Crippen LogP) is 5.22. The van der Waals surface area contributed by atoms with Gasteiger partial charge in [-0.15, -0.1) is 0 Å². The number of hydrogen-bond acceptors (Lipinski definition) is 3. The van der Waals surface area contributed by atoms with Crippen LogP contribution in [0.3, 0.4) is 0 Å². The van der Waals surface area contributed by atoms with E-state index >= 15 is 0 Å². The quantitative estimate of drug-likeness (QED) is 0.720. The van der Waals surface area contributed by atoms with Crippen molar-refractivity contribution in [3.05, 3.63) is 63.8 Å². The number of nitrogens with one attached hydrogen (secondary N) is 1. The molecule has 0 unspecified atom stereocenters. The van der Waals surface area contributed by atoms with Gasteiger partial charge in [0.1, 0.15) is 5.58 Å². The molecular weight excluding hydrogens is 307 g/mol. The first-order chi connectivity index (χ1) is 10.2. The molecule has 0 radical (unpaired) electrons. The number of fused-ring (bicyclic) bond motifs is 1. The number of furan rings is 1. The fourth-order valence-electron chi connectivity index (χ4n) is 2.15. The lowest BCUT2D eigenvalue weighted by Crippen LogP contribution is -2.00. The fourth-order valence-corrected chi connectivity index (χ4v) is 2.58. The van der Waals surface area contributed by atoms with Crippen LogP contribution in [0.25, 0.3) is 11.0 Å². The van der Waals surface area contributed by atoms with Gasteiger partial charge in [-0.05, 0) is 35.9 Å². The van der Waals surface area contributed by atoms with Gasteiger partial charge in [-0.2, -0.15) is 5.26 Å². The number of rotatable bonds is 3. The normalized spacial score (nSPS) is 10.5. The van der Waals surface area contributed by atoms with E-state index in [1.54, 1.807) is 18.2 Å². The lowest BCUT2D eigenvalue weighted by atomic mass is 10.1. The molecule has 0 aliphatic carbocycles. The van der Waals surface area contributed by atoms with Crippen LogP contribution in [0.1, 0.15) is 11.1 Å². The van der Waals surface area contributed by atoms with Gasteiger partial charge in [0.05, 0.1) is 22.3 Å². The van der Waals surface area contributed by atoms with Gasteiger partial charge >= 0.3 is 0 Å². The van der Waals surface area contributed by atoms with Crippen molar-refractivity contribution in [3.63, 3.8) is 0 Å². The minimum atomic E-state index is 0.358. The second kappa shape index (κ2) is 5.69. The maximum atomic E-state index is 8.93. The molecule has 0 aliphatic heterocycles. The molecule has 0 atom stereocenters. The molecule has 104 valence electrons. The SMILES string of the molecule is N#Cc1ccc(Cl)c(NCc2c(Cl)oc3ccccc23)c1. The van der Waals surface area contributed by atoms with E-state index in [-0.39, 0.29) is 0 Å². The first kappa shape index (κ1) is 13.8. The molecule has 3 nitrogen and oxygen atoms in total. The highest BCUT2D eigenvalue weighted by atomic mass is 35.5. The van der Waals surface area contributed by atoms with Gasteiger partial charge < -0.3 is 9.73 Å². The van der Waals surface area contributed by atoms with Gasteiger partial charge in [0.15, 0.2) is 5.22 Å². The molecule has 0 spiro atoms. The number of benzene rings is 2. The average Bonchev–Trinajstić information content (AvgIpc) is 2.82. The highest BCUT2D eigenvalue weighted by molar-refractivity contribution is 6.33. The van der Waals surface area contributed by atoms with Crippen LogP contribution in [0.2, 0.25) is 10.2 Å². The molecule has 0 amide bonds. The summed E-state index contributed by atoms with van der Waals surface area (Å²) < 4.78 is 5.50. The highest BCUT2D eigenvalue weighted by Gasteiger charge is 2.12. The van der Waals surface area contributed by atoms with Crippen molar-refractivity contribution in [3.8, 4) is 6.07 Å². The number of nitriles is 1. The van der Waals surface area contributed by atoms with Gasteiger partial charge in [-0.25, -0.2) is 0 Å². The Kier molecular flexibility index (Phi) is 3.74. The van der Waals surface area contributed by atoms with Crippen molar-refractivity contribution < 1.29 is 4.42 Å². The van der Waals surface area contributed by atoms with Crippen molar-refractivity contribution >= 4 is 39.9 Å². The molecule has 3 rings (SSSR count). The summed E-state index contributed by atoms with van der Waals surface area (Å²) in [7, 11) is 0. The summed E-state index contributed by atoms with van der Waals surface area (Å²) in [5.41, 5.74) is 2.85. The molecule has 0 aliphatic rings. The number of halogens is 2. The fraction of sp³-hybridized carbons (Fsp3) is 0.0625. The van der Waals surface area contributed by atoms with Crippen LogP contribution in [-0.2, 0) is 6.54 Å². The number of anilines is 1. The topological polar surface area (TPSA) is 49.0 Å². The van der Waals surface area contributed by atoms with Crippen molar-refractivity contribution in [2.24, 2.45) is 0 Å². The molecule has 0 fully saturated rings. The first-order valence-electron chi connectivity index (χ1n) is 6.28. The first-order valence-corrected chi connectivity index (χ1v) is 7.04. The minimum Gasteiger partial charge on any atom is -0.444 e. The zero-order chi connectivity index (χ0) is 14.8. The van der Waals surface area contributed by atoms with Crippen LogP contribution in [0.5, 0.6) is 0 Å². The van der Waals surface area contributed by atoms with E-state index in [2.05, 4.69) is 11.4 Å². The average molecular weight is 317 g/mol. The summed E-state index contributed by atoms with van der Waals surface area (Å²) in [5.74, 6) is 0. The third kappa shape index (κ3) is 2.69. The third-order valence-electron chi connectivity index (χ3n) is 3.20. The molecule has 0 saturated heterocycles. The zero-order valence-corrected chi connectivity index (χ0v) is 12.4. The standard InChI is InChI=1S/C16H10Cl2N2O/c17-13-6-5-10(8-19)7-14(13)20-9-12-11-3-1-2-4-15(11)21-16(12)18/h1-7,20H,9H2. The smallest absolute Gasteiger partial charge is 0.199 e. The minimum absolute atomic E-state index is 0.358. The zero-order valence-electron chi connectivity index (χ0n) is 10.9. The van der Waals surface area contributed by atoms with Gasteiger partial charge in [0.25, 0.3) is 0 Å². The summed E-state index contributed by atoms with van der Waals surface area (Å²) in [6, 6.07) is 14.8. The van der Waals surface area contributed by atoms with Gasteiger partial charge in [0, 0.05) is 17.5 Å². The Hall–Kier alpha value is -2.15. The van der Waals surface area contributed by atoms with Gasteiger partial charge in [-0.1, -0.05) is 29.8 Å². The predicted molar refractivity (Wildman–Crippen MR) is 84.7 cm³/mol. The second-order valence-corrected chi connectivity index (χ2v) is 5.26. The Balaban J connectivity index is 1.90. The van der Waals surface area contributed by atoms with E-state index in [4.69, 9.17) is 32.9 Å². The van der Waals surface area contributed by atoms with E-state index in [1.807, 2.05) is 24.3 Å². The number of para-hydroxylation sites is 1. The molecule has 0 bridgehead atoms.